The second-order valence-electron chi connectivity index (χ2n) is 7.46. The summed E-state index contributed by atoms with van der Waals surface area (Å²) in [5.41, 5.74) is 0.155. The van der Waals surface area contributed by atoms with Crippen molar-refractivity contribution in [2.24, 2.45) is 7.05 Å². The fraction of sp³-hybridized carbons (Fsp3) is 0.474. The van der Waals surface area contributed by atoms with E-state index in [2.05, 4.69) is 31.5 Å². The van der Waals surface area contributed by atoms with Gasteiger partial charge in [-0.15, -0.1) is 5.10 Å². The molecule has 0 unspecified atom stereocenters. The molecule has 3 amide bonds. The van der Waals surface area contributed by atoms with Gasteiger partial charge >= 0.3 is 6.09 Å². The fourth-order valence-electron chi connectivity index (χ4n) is 2.33. The van der Waals surface area contributed by atoms with E-state index < -0.39 is 11.7 Å². The Labute approximate surface area is 184 Å². The molecule has 1 heterocycles. The molecule has 168 valence electrons. The van der Waals surface area contributed by atoms with E-state index in [9.17, 15) is 14.4 Å². The Morgan fingerprint density at radius 3 is 2.52 bits per heavy atom. The van der Waals surface area contributed by atoms with E-state index in [0.717, 1.165) is 0 Å². The van der Waals surface area contributed by atoms with Gasteiger partial charge in [0, 0.05) is 32.3 Å². The summed E-state index contributed by atoms with van der Waals surface area (Å²) in [6.45, 7) is 5.73. The van der Waals surface area contributed by atoms with E-state index in [-0.39, 0.29) is 31.3 Å². The maximum atomic E-state index is 12.5. The first-order valence-corrected chi connectivity index (χ1v) is 10.6. The summed E-state index contributed by atoms with van der Waals surface area (Å²) in [4.78, 5) is 36.4. The number of amides is 3. The molecule has 3 N–H and O–H groups in total. The number of rotatable bonds is 9. The molecule has 0 aliphatic carbocycles. The fourth-order valence-corrected chi connectivity index (χ4v) is 3.12. The lowest BCUT2D eigenvalue weighted by Gasteiger charge is -2.19. The number of aromatic nitrogens is 4. The molecule has 0 saturated heterocycles. The minimum absolute atomic E-state index is 0.211. The summed E-state index contributed by atoms with van der Waals surface area (Å²) in [5.74, 6) is -0.0963. The van der Waals surface area contributed by atoms with Crippen LogP contribution in [0.25, 0.3) is 0 Å². The van der Waals surface area contributed by atoms with Crippen LogP contribution in [-0.4, -0.2) is 62.6 Å². The molecule has 0 bridgehead atoms. The normalized spacial score (nSPS) is 11.0. The Morgan fingerprint density at radius 1 is 1.13 bits per heavy atom. The lowest BCUT2D eigenvalue weighted by Crippen LogP contribution is -2.38. The highest BCUT2D eigenvalue weighted by molar-refractivity contribution is 7.99. The Balaban J connectivity index is 1.79. The number of alkyl carbamates (subject to hydrolysis) is 1. The Kier molecular flexibility index (Phi) is 8.79. The number of benzene rings is 1. The van der Waals surface area contributed by atoms with Crippen LogP contribution in [0, 0.1) is 0 Å². The van der Waals surface area contributed by atoms with Gasteiger partial charge in [0.1, 0.15) is 5.60 Å². The van der Waals surface area contributed by atoms with Crippen molar-refractivity contribution in [3.05, 3.63) is 29.8 Å². The predicted molar refractivity (Wildman–Crippen MR) is 116 cm³/mol. The third kappa shape index (κ3) is 8.62. The van der Waals surface area contributed by atoms with Crippen LogP contribution in [-0.2, 0) is 16.6 Å². The predicted octanol–water partition coefficient (Wildman–Crippen LogP) is 1.59. The SMILES string of the molecule is Cn1nnnc1SCCC(=O)Nc1ccccc1C(=O)NCCNC(=O)OC(C)(C)C. The molecule has 12 heteroatoms. The van der Waals surface area contributed by atoms with E-state index in [1.54, 1.807) is 52.1 Å². The summed E-state index contributed by atoms with van der Waals surface area (Å²) in [5, 5.41) is 19.8. The minimum Gasteiger partial charge on any atom is -0.444 e. The highest BCUT2D eigenvalue weighted by Crippen LogP contribution is 2.17. The van der Waals surface area contributed by atoms with Crippen molar-refractivity contribution in [2.45, 2.75) is 37.9 Å². The maximum Gasteiger partial charge on any atom is 0.407 e. The molecule has 31 heavy (non-hydrogen) atoms. The van der Waals surface area contributed by atoms with Crippen molar-refractivity contribution in [1.82, 2.24) is 30.8 Å². The molecule has 11 nitrogen and oxygen atoms in total. The number of ether oxygens (including phenoxy) is 1. The van der Waals surface area contributed by atoms with Crippen molar-refractivity contribution in [1.29, 1.82) is 0 Å². The second kappa shape index (κ2) is 11.3. The van der Waals surface area contributed by atoms with Crippen LogP contribution in [0.5, 0.6) is 0 Å². The van der Waals surface area contributed by atoms with Gasteiger partial charge in [-0.2, -0.15) is 0 Å². The molecule has 0 atom stereocenters. The number of anilines is 1. The van der Waals surface area contributed by atoms with Crippen molar-refractivity contribution in [2.75, 3.05) is 24.2 Å². The van der Waals surface area contributed by atoms with Gasteiger partial charge in [0.2, 0.25) is 11.1 Å². The highest BCUT2D eigenvalue weighted by Gasteiger charge is 2.16. The van der Waals surface area contributed by atoms with Crippen LogP contribution < -0.4 is 16.0 Å². The molecular weight excluding hydrogens is 422 g/mol. The van der Waals surface area contributed by atoms with Crippen LogP contribution in [0.15, 0.2) is 29.4 Å². The third-order valence-corrected chi connectivity index (χ3v) is 4.68. The van der Waals surface area contributed by atoms with Crippen LogP contribution >= 0.6 is 11.8 Å². The molecule has 1 aromatic carbocycles. The number of nitrogens with one attached hydrogen (secondary N) is 3. The zero-order valence-corrected chi connectivity index (χ0v) is 18.8. The van der Waals surface area contributed by atoms with Crippen molar-refractivity contribution in [3.8, 4) is 0 Å². The smallest absolute Gasteiger partial charge is 0.407 e. The Hall–Kier alpha value is -3.15. The minimum atomic E-state index is -0.589. The average molecular weight is 450 g/mol. The largest absolute Gasteiger partial charge is 0.444 e. The number of carbonyl (C=O) groups excluding carboxylic acids is 3. The molecule has 0 radical (unpaired) electrons. The molecule has 0 spiro atoms. The van der Waals surface area contributed by atoms with E-state index in [0.29, 0.717) is 22.2 Å². The second-order valence-corrected chi connectivity index (χ2v) is 8.52. The number of thioether (sulfide) groups is 1. The average Bonchev–Trinajstić information content (AvgIpc) is 3.09. The monoisotopic (exact) mass is 449 g/mol. The lowest BCUT2D eigenvalue weighted by molar-refractivity contribution is -0.115. The molecule has 2 aromatic rings. The first-order valence-electron chi connectivity index (χ1n) is 9.65. The number of para-hydroxylation sites is 1. The summed E-state index contributed by atoms with van der Waals surface area (Å²) in [6.07, 6.45) is -0.322. The van der Waals surface area contributed by atoms with Gasteiger partial charge in [0.25, 0.3) is 5.91 Å². The summed E-state index contributed by atoms with van der Waals surface area (Å²) in [6, 6.07) is 6.72. The van der Waals surface area contributed by atoms with Crippen LogP contribution in [0.2, 0.25) is 0 Å². The van der Waals surface area contributed by atoms with Crippen molar-refractivity contribution in [3.63, 3.8) is 0 Å². The van der Waals surface area contributed by atoms with Crippen LogP contribution in [0.4, 0.5) is 10.5 Å². The molecule has 2 rings (SSSR count). The molecular formula is C19H27N7O4S. The van der Waals surface area contributed by atoms with Gasteiger partial charge in [0.05, 0.1) is 11.3 Å². The lowest BCUT2D eigenvalue weighted by atomic mass is 10.1. The Bertz CT molecular complexity index is 911. The van der Waals surface area contributed by atoms with E-state index in [1.807, 2.05) is 0 Å². The number of nitrogens with zero attached hydrogens (tertiary/aromatic N) is 4. The zero-order chi connectivity index (χ0) is 22.9. The van der Waals surface area contributed by atoms with Gasteiger partial charge in [0.15, 0.2) is 0 Å². The number of hydrogen-bond donors (Lipinski definition) is 3. The first-order chi connectivity index (χ1) is 14.7. The van der Waals surface area contributed by atoms with E-state index in [4.69, 9.17) is 4.74 Å². The number of hydrogen-bond acceptors (Lipinski definition) is 8. The number of carbonyl (C=O) groups is 3. The van der Waals surface area contributed by atoms with Gasteiger partial charge < -0.3 is 20.7 Å². The summed E-state index contributed by atoms with van der Waals surface area (Å²) in [7, 11) is 1.72. The van der Waals surface area contributed by atoms with Gasteiger partial charge in [-0.25, -0.2) is 9.48 Å². The highest BCUT2D eigenvalue weighted by atomic mass is 32.2. The Morgan fingerprint density at radius 2 is 1.84 bits per heavy atom. The molecule has 0 aliphatic heterocycles. The molecule has 0 aliphatic rings. The van der Waals surface area contributed by atoms with Crippen molar-refractivity contribution < 1.29 is 19.1 Å². The maximum absolute atomic E-state index is 12.5. The van der Waals surface area contributed by atoms with Crippen molar-refractivity contribution >= 4 is 35.4 Å². The van der Waals surface area contributed by atoms with Gasteiger partial charge in [-0.3, -0.25) is 9.59 Å². The van der Waals surface area contributed by atoms with Gasteiger partial charge in [-0.05, 0) is 43.3 Å². The molecule has 0 fully saturated rings. The summed E-state index contributed by atoms with van der Waals surface area (Å²) >= 11 is 1.36. The van der Waals surface area contributed by atoms with Crippen LogP contribution in [0.1, 0.15) is 37.6 Å². The number of tetrazole rings is 1. The topological polar surface area (TPSA) is 140 Å². The van der Waals surface area contributed by atoms with E-state index >= 15 is 0 Å². The zero-order valence-electron chi connectivity index (χ0n) is 18.0. The first kappa shape index (κ1) is 24.1. The van der Waals surface area contributed by atoms with E-state index in [1.165, 1.54) is 16.4 Å². The standard InChI is InChI=1S/C19H27N7O4S/c1-19(2,3)30-18(29)21-11-10-20-16(28)13-7-5-6-8-14(13)22-15(27)9-12-31-17-23-24-25-26(17)4/h5-8H,9-12H2,1-4H3,(H,20,28)(H,21,29)(H,22,27). The van der Waals surface area contributed by atoms with Gasteiger partial charge in [-0.1, -0.05) is 23.9 Å². The summed E-state index contributed by atoms with van der Waals surface area (Å²) < 4.78 is 6.66. The quantitative estimate of drug-likeness (QED) is 0.387. The molecule has 1 aromatic heterocycles. The van der Waals surface area contributed by atoms with Crippen LogP contribution in [0.3, 0.4) is 0 Å². The number of aryl methyl sites for hydroxylation is 1. The third-order valence-electron chi connectivity index (χ3n) is 3.67. The molecule has 0 saturated carbocycles.